The Balaban J connectivity index is 2.65. The molecule has 0 aliphatic rings. The van der Waals surface area contributed by atoms with Crippen molar-refractivity contribution in [3.8, 4) is 0 Å². The summed E-state index contributed by atoms with van der Waals surface area (Å²) >= 11 is 0. The molecule has 102 valence electrons. The van der Waals surface area contributed by atoms with Crippen molar-refractivity contribution < 1.29 is 8.42 Å². The molecule has 0 amide bonds. The number of rotatable bonds is 7. The molecule has 1 aromatic heterocycles. The second-order valence-electron chi connectivity index (χ2n) is 4.27. The molecule has 0 spiro atoms. The van der Waals surface area contributed by atoms with E-state index in [0.717, 1.165) is 12.8 Å². The van der Waals surface area contributed by atoms with E-state index in [-0.39, 0.29) is 6.04 Å². The molecular formula is C12H21N3O2S. The van der Waals surface area contributed by atoms with Crippen molar-refractivity contribution >= 4 is 10.2 Å². The van der Waals surface area contributed by atoms with Crippen molar-refractivity contribution in [1.29, 1.82) is 0 Å². The fraction of sp³-hybridized carbons (Fsp3) is 0.583. The van der Waals surface area contributed by atoms with Crippen LogP contribution in [-0.4, -0.2) is 31.3 Å². The normalized spacial score (nSPS) is 13.8. The van der Waals surface area contributed by atoms with Gasteiger partial charge in [-0.1, -0.05) is 19.4 Å². The van der Waals surface area contributed by atoms with Crippen LogP contribution in [0.3, 0.4) is 0 Å². The van der Waals surface area contributed by atoms with E-state index in [9.17, 15) is 8.42 Å². The maximum atomic E-state index is 12.0. The van der Waals surface area contributed by atoms with E-state index in [0.29, 0.717) is 12.2 Å². The molecule has 0 fully saturated rings. The molecular weight excluding hydrogens is 250 g/mol. The maximum Gasteiger partial charge on any atom is 0.279 e. The molecule has 0 radical (unpaired) electrons. The van der Waals surface area contributed by atoms with Gasteiger partial charge in [0.05, 0.1) is 11.7 Å². The number of unbranched alkanes of at least 4 members (excludes halogenated alkanes) is 1. The van der Waals surface area contributed by atoms with Crippen LogP contribution in [0.15, 0.2) is 24.4 Å². The summed E-state index contributed by atoms with van der Waals surface area (Å²) < 4.78 is 28.0. The van der Waals surface area contributed by atoms with Crippen LogP contribution < -0.4 is 4.72 Å². The monoisotopic (exact) mass is 271 g/mol. The topological polar surface area (TPSA) is 62.3 Å². The van der Waals surface area contributed by atoms with Crippen molar-refractivity contribution in [3.05, 3.63) is 30.1 Å². The first kappa shape index (κ1) is 15.1. The van der Waals surface area contributed by atoms with Gasteiger partial charge in [-0.2, -0.15) is 17.4 Å². The lowest BCUT2D eigenvalue weighted by Gasteiger charge is -2.20. The molecule has 0 aliphatic heterocycles. The second kappa shape index (κ2) is 6.82. The van der Waals surface area contributed by atoms with E-state index in [1.165, 1.54) is 4.31 Å². The molecule has 0 aliphatic carbocycles. The zero-order chi connectivity index (χ0) is 13.6. The van der Waals surface area contributed by atoms with Gasteiger partial charge in [0.25, 0.3) is 10.2 Å². The molecule has 1 heterocycles. The third kappa shape index (κ3) is 4.36. The first-order chi connectivity index (χ1) is 8.47. The fourth-order valence-electron chi connectivity index (χ4n) is 1.51. The average molecular weight is 271 g/mol. The standard InChI is InChI=1S/C12H21N3O2S/c1-4-5-10-15(3)18(16,17)14-11(2)12-8-6-7-9-13-12/h6-9,11,14H,4-5,10H2,1-3H3. The summed E-state index contributed by atoms with van der Waals surface area (Å²) in [5.41, 5.74) is 0.713. The molecule has 6 heteroatoms. The highest BCUT2D eigenvalue weighted by atomic mass is 32.2. The van der Waals surface area contributed by atoms with E-state index in [1.54, 1.807) is 32.3 Å². The van der Waals surface area contributed by atoms with Crippen molar-refractivity contribution in [2.24, 2.45) is 0 Å². The number of aromatic nitrogens is 1. The van der Waals surface area contributed by atoms with Crippen LogP contribution in [-0.2, 0) is 10.2 Å². The van der Waals surface area contributed by atoms with Crippen LogP contribution in [0.5, 0.6) is 0 Å². The maximum absolute atomic E-state index is 12.0. The second-order valence-corrected chi connectivity index (χ2v) is 6.08. The Bertz CT molecular complexity index is 448. The Kier molecular flexibility index (Phi) is 5.71. The smallest absolute Gasteiger partial charge is 0.260 e. The van der Waals surface area contributed by atoms with Gasteiger partial charge < -0.3 is 0 Å². The molecule has 1 N–H and O–H groups in total. The molecule has 1 atom stereocenters. The zero-order valence-corrected chi connectivity index (χ0v) is 11.9. The van der Waals surface area contributed by atoms with Crippen LogP contribution in [0.25, 0.3) is 0 Å². The van der Waals surface area contributed by atoms with Gasteiger partial charge in [-0.05, 0) is 25.5 Å². The first-order valence-corrected chi connectivity index (χ1v) is 7.56. The van der Waals surface area contributed by atoms with Crippen LogP contribution in [0.1, 0.15) is 38.4 Å². The Hall–Kier alpha value is -0.980. The van der Waals surface area contributed by atoms with Crippen LogP contribution in [0.2, 0.25) is 0 Å². The highest BCUT2D eigenvalue weighted by molar-refractivity contribution is 7.87. The Morgan fingerprint density at radius 2 is 2.17 bits per heavy atom. The fourth-order valence-corrected chi connectivity index (χ4v) is 2.62. The molecule has 1 rings (SSSR count). The number of pyridine rings is 1. The van der Waals surface area contributed by atoms with E-state index in [1.807, 2.05) is 13.0 Å². The van der Waals surface area contributed by atoms with Gasteiger partial charge in [-0.25, -0.2) is 0 Å². The summed E-state index contributed by atoms with van der Waals surface area (Å²) in [4.78, 5) is 4.14. The Labute approximate surface area is 109 Å². The highest BCUT2D eigenvalue weighted by Gasteiger charge is 2.20. The molecule has 0 saturated carbocycles. The minimum atomic E-state index is -3.44. The molecule has 1 unspecified atom stereocenters. The zero-order valence-electron chi connectivity index (χ0n) is 11.1. The summed E-state index contributed by atoms with van der Waals surface area (Å²) in [5, 5.41) is 0. The van der Waals surface area contributed by atoms with Crippen molar-refractivity contribution in [2.75, 3.05) is 13.6 Å². The SMILES string of the molecule is CCCCN(C)S(=O)(=O)NC(C)c1ccccn1. The lowest BCUT2D eigenvalue weighted by atomic mass is 10.2. The molecule has 0 saturated heterocycles. The predicted molar refractivity (Wildman–Crippen MR) is 72.2 cm³/mol. The predicted octanol–water partition coefficient (Wildman–Crippen LogP) is 1.71. The summed E-state index contributed by atoms with van der Waals surface area (Å²) in [6.07, 6.45) is 3.48. The summed E-state index contributed by atoms with van der Waals surface area (Å²) in [6.45, 7) is 4.35. The van der Waals surface area contributed by atoms with Crippen LogP contribution in [0, 0.1) is 0 Å². The van der Waals surface area contributed by atoms with Gasteiger partial charge >= 0.3 is 0 Å². The van der Waals surface area contributed by atoms with E-state index in [4.69, 9.17) is 0 Å². The number of nitrogens with zero attached hydrogens (tertiary/aromatic N) is 2. The van der Waals surface area contributed by atoms with Gasteiger partial charge in [0.1, 0.15) is 0 Å². The largest absolute Gasteiger partial charge is 0.279 e. The summed E-state index contributed by atoms with van der Waals surface area (Å²) in [5.74, 6) is 0. The van der Waals surface area contributed by atoms with Gasteiger partial charge in [-0.15, -0.1) is 0 Å². The Morgan fingerprint density at radius 3 is 2.72 bits per heavy atom. The molecule has 0 aromatic carbocycles. The average Bonchev–Trinajstić information content (AvgIpc) is 2.36. The quantitative estimate of drug-likeness (QED) is 0.821. The van der Waals surface area contributed by atoms with Crippen LogP contribution >= 0.6 is 0 Å². The molecule has 0 bridgehead atoms. The van der Waals surface area contributed by atoms with E-state index in [2.05, 4.69) is 9.71 Å². The lowest BCUT2D eigenvalue weighted by Crippen LogP contribution is -2.40. The van der Waals surface area contributed by atoms with E-state index >= 15 is 0 Å². The highest BCUT2D eigenvalue weighted by Crippen LogP contribution is 2.11. The number of hydrogen-bond acceptors (Lipinski definition) is 3. The third-order valence-electron chi connectivity index (χ3n) is 2.69. The minimum Gasteiger partial charge on any atom is -0.260 e. The van der Waals surface area contributed by atoms with E-state index < -0.39 is 10.2 Å². The van der Waals surface area contributed by atoms with Gasteiger partial charge in [0.2, 0.25) is 0 Å². The summed E-state index contributed by atoms with van der Waals surface area (Å²) in [7, 11) is -1.85. The van der Waals surface area contributed by atoms with Gasteiger partial charge in [0.15, 0.2) is 0 Å². The summed E-state index contributed by atoms with van der Waals surface area (Å²) in [6, 6.07) is 5.12. The molecule has 1 aromatic rings. The first-order valence-electron chi connectivity index (χ1n) is 6.12. The van der Waals surface area contributed by atoms with Gasteiger partial charge in [0, 0.05) is 19.8 Å². The minimum absolute atomic E-state index is 0.333. The third-order valence-corrected chi connectivity index (χ3v) is 4.35. The van der Waals surface area contributed by atoms with Crippen LogP contribution in [0.4, 0.5) is 0 Å². The van der Waals surface area contributed by atoms with Gasteiger partial charge in [-0.3, -0.25) is 4.98 Å². The van der Waals surface area contributed by atoms with Crippen molar-refractivity contribution in [2.45, 2.75) is 32.7 Å². The number of nitrogens with one attached hydrogen (secondary N) is 1. The van der Waals surface area contributed by atoms with Crippen molar-refractivity contribution in [3.63, 3.8) is 0 Å². The molecule has 18 heavy (non-hydrogen) atoms. The van der Waals surface area contributed by atoms with Crippen molar-refractivity contribution in [1.82, 2.24) is 14.0 Å². The number of hydrogen-bond donors (Lipinski definition) is 1. The lowest BCUT2D eigenvalue weighted by molar-refractivity contribution is 0.441. The Morgan fingerprint density at radius 1 is 1.44 bits per heavy atom. The molecule has 5 nitrogen and oxygen atoms in total.